The van der Waals surface area contributed by atoms with Crippen LogP contribution in [0.4, 0.5) is 4.79 Å². The van der Waals surface area contributed by atoms with Gasteiger partial charge in [0.2, 0.25) is 5.28 Å². The van der Waals surface area contributed by atoms with Crippen LogP contribution in [0, 0.1) is 5.92 Å². The molecule has 0 N–H and O–H groups in total. The van der Waals surface area contributed by atoms with Crippen LogP contribution in [0.5, 0.6) is 0 Å². The zero-order chi connectivity index (χ0) is 18.3. The van der Waals surface area contributed by atoms with Gasteiger partial charge >= 0.3 is 6.09 Å². The van der Waals surface area contributed by atoms with Gasteiger partial charge in [0.1, 0.15) is 5.60 Å². The van der Waals surface area contributed by atoms with Crippen molar-refractivity contribution >= 4 is 17.7 Å². The number of piperidine rings is 1. The molecule has 0 radical (unpaired) electrons. The molecule has 1 fully saturated rings. The summed E-state index contributed by atoms with van der Waals surface area (Å²) >= 11 is 5.75. The van der Waals surface area contributed by atoms with E-state index in [4.69, 9.17) is 21.1 Å². The van der Waals surface area contributed by atoms with E-state index in [0.717, 1.165) is 44.5 Å². The Morgan fingerprint density at radius 2 is 2.24 bits per heavy atom. The number of carbonyl (C=O) groups is 1. The number of halogens is 1. The Labute approximate surface area is 154 Å². The minimum atomic E-state index is -0.443. The second-order valence-corrected chi connectivity index (χ2v) is 7.78. The van der Waals surface area contributed by atoms with E-state index in [9.17, 15) is 4.79 Å². The number of amides is 1. The van der Waals surface area contributed by atoms with Crippen LogP contribution in [0.3, 0.4) is 0 Å². The molecule has 0 spiro atoms. The van der Waals surface area contributed by atoms with Crippen LogP contribution in [0.2, 0.25) is 5.28 Å². The van der Waals surface area contributed by atoms with Gasteiger partial charge in [-0.05, 0) is 70.0 Å². The lowest BCUT2D eigenvalue weighted by atomic mass is 9.94. The van der Waals surface area contributed by atoms with Gasteiger partial charge in [0.05, 0.1) is 12.3 Å². The number of aromatic nitrogens is 2. The van der Waals surface area contributed by atoms with Crippen molar-refractivity contribution in [1.29, 1.82) is 0 Å². The molecule has 0 bridgehead atoms. The third-order valence-corrected chi connectivity index (χ3v) is 4.19. The van der Waals surface area contributed by atoms with Crippen LogP contribution in [-0.4, -0.2) is 46.3 Å². The maximum absolute atomic E-state index is 12.2. The second-order valence-electron chi connectivity index (χ2n) is 7.45. The van der Waals surface area contributed by atoms with E-state index in [1.807, 2.05) is 25.7 Å². The van der Waals surface area contributed by atoms with Gasteiger partial charge in [-0.1, -0.05) is 0 Å². The number of carbonyl (C=O) groups excluding carboxylic acids is 1. The highest BCUT2D eigenvalue weighted by Crippen LogP contribution is 2.22. The molecule has 2 rings (SSSR count). The molecule has 0 aromatic carbocycles. The topological polar surface area (TPSA) is 64.5 Å². The van der Waals surface area contributed by atoms with Crippen molar-refractivity contribution < 1.29 is 14.3 Å². The largest absolute Gasteiger partial charge is 0.444 e. The summed E-state index contributed by atoms with van der Waals surface area (Å²) in [6, 6.07) is 1.80. The fraction of sp³-hybridized carbons (Fsp3) is 0.722. The van der Waals surface area contributed by atoms with Crippen molar-refractivity contribution in [3.05, 3.63) is 23.2 Å². The number of likely N-dealkylation sites (tertiary alicyclic amines) is 1. The minimum Gasteiger partial charge on any atom is -0.444 e. The van der Waals surface area contributed by atoms with Crippen LogP contribution in [0.25, 0.3) is 0 Å². The van der Waals surface area contributed by atoms with Gasteiger partial charge in [-0.15, -0.1) is 0 Å². The van der Waals surface area contributed by atoms with Gasteiger partial charge in [-0.3, -0.25) is 0 Å². The van der Waals surface area contributed by atoms with Crippen molar-refractivity contribution in [2.45, 2.75) is 58.7 Å². The van der Waals surface area contributed by atoms with E-state index < -0.39 is 5.60 Å². The van der Waals surface area contributed by atoms with Crippen LogP contribution in [0.1, 0.15) is 52.1 Å². The Morgan fingerprint density at radius 1 is 1.44 bits per heavy atom. The lowest BCUT2D eigenvalue weighted by Gasteiger charge is -2.34. The average molecular weight is 370 g/mol. The molecule has 6 nitrogen and oxygen atoms in total. The van der Waals surface area contributed by atoms with E-state index in [1.54, 1.807) is 12.3 Å². The van der Waals surface area contributed by atoms with Crippen LogP contribution < -0.4 is 0 Å². The average Bonchev–Trinajstić information content (AvgIpc) is 2.53. The predicted octanol–water partition coefficient (Wildman–Crippen LogP) is 4.07. The first-order valence-corrected chi connectivity index (χ1v) is 9.24. The fourth-order valence-corrected chi connectivity index (χ4v) is 3.06. The zero-order valence-corrected chi connectivity index (χ0v) is 16.1. The number of nitrogens with zero attached hydrogens (tertiary/aromatic N) is 3. The number of rotatable bonds is 6. The molecule has 1 aromatic rings. The van der Waals surface area contributed by atoms with Crippen LogP contribution in [-0.2, 0) is 16.1 Å². The molecule has 0 aliphatic carbocycles. The minimum absolute atomic E-state index is 0.200. The smallest absolute Gasteiger partial charge is 0.410 e. The molecule has 0 saturated carbocycles. The van der Waals surface area contributed by atoms with Gasteiger partial charge < -0.3 is 14.4 Å². The first kappa shape index (κ1) is 19.9. The van der Waals surface area contributed by atoms with E-state index in [-0.39, 0.29) is 11.4 Å². The molecular weight excluding hydrogens is 342 g/mol. The molecule has 1 amide bonds. The molecule has 1 aromatic heterocycles. The summed E-state index contributed by atoms with van der Waals surface area (Å²) in [5, 5.41) is 0.241. The number of ether oxygens (including phenoxy) is 2. The number of hydrogen-bond donors (Lipinski definition) is 0. The zero-order valence-electron chi connectivity index (χ0n) is 15.3. The molecule has 25 heavy (non-hydrogen) atoms. The maximum atomic E-state index is 12.2. The standard InChI is InChI=1S/C18H28ClN3O3/c1-18(2,3)25-17(23)22-10-4-6-14(12-22)7-5-11-24-13-15-8-9-20-16(19)21-15/h8-9,14H,4-7,10-13H2,1-3H3. The lowest BCUT2D eigenvalue weighted by molar-refractivity contribution is 0.0155. The molecule has 1 atom stereocenters. The Balaban J connectivity index is 1.64. The third kappa shape index (κ3) is 7.57. The molecule has 1 unspecified atom stereocenters. The normalized spacial score (nSPS) is 18.2. The summed E-state index contributed by atoms with van der Waals surface area (Å²) in [5.41, 5.74) is 0.343. The molecule has 1 aliphatic rings. The highest BCUT2D eigenvalue weighted by atomic mass is 35.5. The van der Waals surface area contributed by atoms with Gasteiger partial charge in [0, 0.05) is 25.9 Å². The van der Waals surface area contributed by atoms with E-state index in [2.05, 4.69) is 9.97 Å². The number of hydrogen-bond acceptors (Lipinski definition) is 5. The van der Waals surface area contributed by atoms with Crippen molar-refractivity contribution in [3.8, 4) is 0 Å². The fourth-order valence-electron chi connectivity index (χ4n) is 2.89. The molecular formula is C18H28ClN3O3. The summed E-state index contributed by atoms with van der Waals surface area (Å²) < 4.78 is 11.1. The Hall–Kier alpha value is -1.40. The molecule has 140 valence electrons. The predicted molar refractivity (Wildman–Crippen MR) is 96.5 cm³/mol. The summed E-state index contributed by atoms with van der Waals surface area (Å²) in [6.07, 6.45) is 5.62. The Morgan fingerprint density at radius 3 is 2.96 bits per heavy atom. The molecule has 2 heterocycles. The van der Waals surface area contributed by atoms with Gasteiger partial charge in [0.25, 0.3) is 0 Å². The van der Waals surface area contributed by atoms with Crippen molar-refractivity contribution in [3.63, 3.8) is 0 Å². The second kappa shape index (κ2) is 9.34. The van der Waals surface area contributed by atoms with Gasteiger partial charge in [-0.25, -0.2) is 14.8 Å². The van der Waals surface area contributed by atoms with E-state index >= 15 is 0 Å². The highest BCUT2D eigenvalue weighted by Gasteiger charge is 2.27. The van der Waals surface area contributed by atoms with Gasteiger partial charge in [0.15, 0.2) is 0 Å². The van der Waals surface area contributed by atoms with Crippen molar-refractivity contribution in [1.82, 2.24) is 14.9 Å². The molecule has 1 saturated heterocycles. The van der Waals surface area contributed by atoms with Crippen LogP contribution in [0.15, 0.2) is 12.3 Å². The van der Waals surface area contributed by atoms with Crippen molar-refractivity contribution in [2.75, 3.05) is 19.7 Å². The Kier molecular flexibility index (Phi) is 7.44. The maximum Gasteiger partial charge on any atom is 0.410 e. The van der Waals surface area contributed by atoms with E-state index in [0.29, 0.717) is 19.1 Å². The van der Waals surface area contributed by atoms with Crippen LogP contribution >= 0.6 is 11.6 Å². The third-order valence-electron chi connectivity index (χ3n) is 4.01. The first-order chi connectivity index (χ1) is 11.8. The summed E-state index contributed by atoms with van der Waals surface area (Å²) in [7, 11) is 0. The van der Waals surface area contributed by atoms with Gasteiger partial charge in [-0.2, -0.15) is 0 Å². The summed E-state index contributed by atoms with van der Waals surface area (Å²) in [5.74, 6) is 0.512. The van der Waals surface area contributed by atoms with Crippen molar-refractivity contribution in [2.24, 2.45) is 5.92 Å². The monoisotopic (exact) mass is 369 g/mol. The molecule has 7 heteroatoms. The Bertz CT molecular complexity index is 563. The SMILES string of the molecule is CC(C)(C)OC(=O)N1CCCC(CCCOCc2ccnc(Cl)n2)C1. The quantitative estimate of drug-likeness (QED) is 0.558. The summed E-state index contributed by atoms with van der Waals surface area (Å²) in [6.45, 7) is 8.37. The highest BCUT2D eigenvalue weighted by molar-refractivity contribution is 6.28. The first-order valence-electron chi connectivity index (χ1n) is 8.86. The summed E-state index contributed by atoms with van der Waals surface area (Å²) in [4.78, 5) is 21.9. The molecule has 1 aliphatic heterocycles. The van der Waals surface area contributed by atoms with E-state index in [1.165, 1.54) is 0 Å². The lowest BCUT2D eigenvalue weighted by Crippen LogP contribution is -2.42.